The van der Waals surface area contributed by atoms with Gasteiger partial charge in [0.1, 0.15) is 17.5 Å². The SMILES string of the molecule is CC(C)(N)CNS(=O)(=O)c1cnc(C(c2ccc(F)c(Cl)c2)c2ccc(F)c(Cl)c2)[nH]1. The van der Waals surface area contributed by atoms with Crippen LogP contribution in [0.5, 0.6) is 0 Å². The number of benzene rings is 2. The molecule has 3 aromatic rings. The summed E-state index contributed by atoms with van der Waals surface area (Å²) in [7, 11) is -3.92. The van der Waals surface area contributed by atoms with Crippen LogP contribution in [0.15, 0.2) is 47.6 Å². The molecule has 4 N–H and O–H groups in total. The van der Waals surface area contributed by atoms with Gasteiger partial charge in [-0.05, 0) is 49.2 Å². The highest BCUT2D eigenvalue weighted by Gasteiger charge is 2.26. The summed E-state index contributed by atoms with van der Waals surface area (Å²) in [6.07, 6.45) is 1.16. The zero-order valence-corrected chi connectivity index (χ0v) is 18.9. The van der Waals surface area contributed by atoms with Crippen LogP contribution in [0.4, 0.5) is 8.78 Å². The average molecular weight is 489 g/mol. The predicted octanol–water partition coefficient (Wildman–Crippen LogP) is 4.19. The number of nitrogens with zero attached hydrogens (tertiary/aromatic N) is 1. The van der Waals surface area contributed by atoms with Crippen molar-refractivity contribution < 1.29 is 17.2 Å². The van der Waals surface area contributed by atoms with E-state index in [-0.39, 0.29) is 27.4 Å². The van der Waals surface area contributed by atoms with Gasteiger partial charge in [0.05, 0.1) is 22.2 Å². The Kier molecular flexibility index (Phi) is 6.73. The van der Waals surface area contributed by atoms with E-state index in [1.807, 2.05) is 0 Å². The number of aromatic nitrogens is 2. The van der Waals surface area contributed by atoms with Crippen LogP contribution in [-0.4, -0.2) is 30.5 Å². The monoisotopic (exact) mass is 488 g/mol. The van der Waals surface area contributed by atoms with Gasteiger partial charge in [-0.1, -0.05) is 35.3 Å². The standard InChI is InChI=1S/C20H20Cl2F2N4O2S/c1-20(2,25)10-27-31(29,30)17-9-26-19(28-17)18(11-3-5-15(23)13(21)7-11)12-4-6-16(24)14(22)8-12/h3-9,18,27H,10,25H2,1-2H3,(H,26,28). The van der Waals surface area contributed by atoms with E-state index in [0.717, 1.165) is 6.20 Å². The molecular formula is C20H20Cl2F2N4O2S. The van der Waals surface area contributed by atoms with Gasteiger partial charge in [0.2, 0.25) is 0 Å². The van der Waals surface area contributed by atoms with E-state index in [9.17, 15) is 17.2 Å². The third kappa shape index (κ3) is 5.61. The fraction of sp³-hybridized carbons (Fsp3) is 0.250. The molecule has 166 valence electrons. The number of nitrogens with two attached hydrogens (primary N) is 1. The molecule has 1 aromatic heterocycles. The molecule has 0 aliphatic carbocycles. The normalized spacial score (nSPS) is 12.5. The van der Waals surface area contributed by atoms with Gasteiger partial charge in [-0.15, -0.1) is 0 Å². The molecule has 0 bridgehead atoms. The van der Waals surface area contributed by atoms with Crippen LogP contribution in [0.3, 0.4) is 0 Å². The maximum Gasteiger partial charge on any atom is 0.257 e. The lowest BCUT2D eigenvalue weighted by Gasteiger charge is -2.18. The Hall–Kier alpha value is -2.04. The molecule has 2 aromatic carbocycles. The number of H-pyrrole nitrogens is 1. The molecule has 0 atom stereocenters. The summed E-state index contributed by atoms with van der Waals surface area (Å²) in [6.45, 7) is 3.37. The largest absolute Gasteiger partial charge is 0.331 e. The van der Waals surface area contributed by atoms with Crippen LogP contribution in [0, 0.1) is 11.6 Å². The second-order valence-corrected chi connectivity index (χ2v) is 10.3. The highest BCUT2D eigenvalue weighted by atomic mass is 35.5. The van der Waals surface area contributed by atoms with E-state index in [1.165, 1.54) is 36.4 Å². The average Bonchev–Trinajstić information content (AvgIpc) is 3.16. The fourth-order valence-electron chi connectivity index (χ4n) is 2.85. The molecule has 0 aliphatic rings. The minimum atomic E-state index is -3.92. The van der Waals surface area contributed by atoms with E-state index >= 15 is 0 Å². The summed E-state index contributed by atoms with van der Waals surface area (Å²) in [5, 5.41) is -0.429. The Bertz CT molecular complexity index is 1160. The Morgan fingerprint density at radius 1 is 1.10 bits per heavy atom. The molecule has 0 fully saturated rings. The molecule has 0 unspecified atom stereocenters. The molecule has 1 heterocycles. The molecule has 11 heteroatoms. The molecule has 0 saturated carbocycles. The molecule has 6 nitrogen and oxygen atoms in total. The lowest BCUT2D eigenvalue weighted by Crippen LogP contribution is -2.45. The van der Waals surface area contributed by atoms with Crippen LogP contribution in [-0.2, 0) is 10.0 Å². The van der Waals surface area contributed by atoms with Crippen LogP contribution in [0.25, 0.3) is 0 Å². The van der Waals surface area contributed by atoms with Crippen molar-refractivity contribution in [3.05, 3.63) is 81.2 Å². The lowest BCUT2D eigenvalue weighted by atomic mass is 9.90. The maximum absolute atomic E-state index is 13.7. The van der Waals surface area contributed by atoms with Crippen LogP contribution < -0.4 is 10.5 Å². The molecule has 31 heavy (non-hydrogen) atoms. The Balaban J connectivity index is 2.06. The third-order valence-electron chi connectivity index (χ3n) is 4.41. The number of aromatic amines is 1. The Morgan fingerprint density at radius 3 is 2.06 bits per heavy atom. The summed E-state index contributed by atoms with van der Waals surface area (Å²) in [4.78, 5) is 6.98. The van der Waals surface area contributed by atoms with Crippen molar-refractivity contribution in [2.24, 2.45) is 5.73 Å². The molecule has 0 spiro atoms. The summed E-state index contributed by atoms with van der Waals surface area (Å²) >= 11 is 11.9. The zero-order valence-electron chi connectivity index (χ0n) is 16.6. The van der Waals surface area contributed by atoms with Gasteiger partial charge in [0, 0.05) is 12.1 Å². The topological polar surface area (TPSA) is 101 Å². The summed E-state index contributed by atoms with van der Waals surface area (Å²) in [6, 6.07) is 8.11. The minimum absolute atomic E-state index is 0.00819. The van der Waals surface area contributed by atoms with Crippen molar-refractivity contribution in [3.63, 3.8) is 0 Å². The summed E-state index contributed by atoms with van der Waals surface area (Å²) in [5.74, 6) is -1.72. The molecule has 0 saturated heterocycles. The first-order valence-corrected chi connectivity index (χ1v) is 11.3. The zero-order chi connectivity index (χ0) is 23.0. The number of rotatable bonds is 7. The fourth-order valence-corrected chi connectivity index (χ4v) is 4.38. The van der Waals surface area contributed by atoms with Crippen LogP contribution >= 0.6 is 23.2 Å². The van der Waals surface area contributed by atoms with Gasteiger partial charge in [-0.2, -0.15) is 0 Å². The Morgan fingerprint density at radius 2 is 1.61 bits per heavy atom. The van der Waals surface area contributed by atoms with Crippen molar-refractivity contribution in [2.45, 2.75) is 30.3 Å². The van der Waals surface area contributed by atoms with Gasteiger partial charge in [0.15, 0.2) is 5.03 Å². The second-order valence-electron chi connectivity index (χ2n) is 7.73. The highest BCUT2D eigenvalue weighted by Crippen LogP contribution is 2.34. The van der Waals surface area contributed by atoms with Gasteiger partial charge < -0.3 is 10.7 Å². The van der Waals surface area contributed by atoms with Crippen LogP contribution in [0.2, 0.25) is 10.0 Å². The van der Waals surface area contributed by atoms with E-state index in [4.69, 9.17) is 28.9 Å². The number of halogens is 4. The first kappa shape index (κ1) is 23.6. The third-order valence-corrected chi connectivity index (χ3v) is 6.30. The van der Waals surface area contributed by atoms with E-state index in [1.54, 1.807) is 13.8 Å². The van der Waals surface area contributed by atoms with Crippen molar-refractivity contribution in [1.29, 1.82) is 0 Å². The van der Waals surface area contributed by atoms with Crippen molar-refractivity contribution >= 4 is 33.2 Å². The first-order chi connectivity index (χ1) is 14.4. The van der Waals surface area contributed by atoms with Gasteiger partial charge >= 0.3 is 0 Å². The van der Waals surface area contributed by atoms with Crippen molar-refractivity contribution in [3.8, 4) is 0 Å². The second kappa shape index (κ2) is 8.84. The molecular weight excluding hydrogens is 469 g/mol. The van der Waals surface area contributed by atoms with Crippen LogP contribution in [0.1, 0.15) is 36.7 Å². The van der Waals surface area contributed by atoms with Crippen molar-refractivity contribution in [1.82, 2.24) is 14.7 Å². The number of hydrogen-bond acceptors (Lipinski definition) is 4. The Labute approximate surface area is 188 Å². The predicted molar refractivity (Wildman–Crippen MR) is 116 cm³/mol. The minimum Gasteiger partial charge on any atom is -0.331 e. The molecule has 0 radical (unpaired) electrons. The summed E-state index contributed by atoms with van der Waals surface area (Å²) in [5.41, 5.74) is 6.09. The van der Waals surface area contributed by atoms with Gasteiger partial charge in [-0.3, -0.25) is 0 Å². The number of imidazole rings is 1. The molecule has 3 rings (SSSR count). The highest BCUT2D eigenvalue weighted by molar-refractivity contribution is 7.89. The number of hydrogen-bond donors (Lipinski definition) is 3. The number of sulfonamides is 1. The van der Waals surface area contributed by atoms with Gasteiger partial charge in [0.25, 0.3) is 10.0 Å². The van der Waals surface area contributed by atoms with E-state index in [2.05, 4.69) is 14.7 Å². The first-order valence-electron chi connectivity index (χ1n) is 9.11. The smallest absolute Gasteiger partial charge is 0.257 e. The van der Waals surface area contributed by atoms with E-state index < -0.39 is 33.1 Å². The lowest BCUT2D eigenvalue weighted by molar-refractivity contribution is 0.497. The van der Waals surface area contributed by atoms with E-state index in [0.29, 0.717) is 11.1 Å². The molecule has 0 amide bonds. The molecule has 0 aliphatic heterocycles. The quantitative estimate of drug-likeness (QED) is 0.463. The number of nitrogens with one attached hydrogen (secondary N) is 2. The van der Waals surface area contributed by atoms with Gasteiger partial charge in [-0.25, -0.2) is 26.9 Å². The maximum atomic E-state index is 13.7. The van der Waals surface area contributed by atoms with Crippen molar-refractivity contribution in [2.75, 3.05) is 6.54 Å². The summed E-state index contributed by atoms with van der Waals surface area (Å²) < 4.78 is 55.0.